The highest BCUT2D eigenvalue weighted by Gasteiger charge is 2.13. The van der Waals surface area contributed by atoms with Crippen molar-refractivity contribution < 1.29 is 4.74 Å². The van der Waals surface area contributed by atoms with Crippen LogP contribution in [0.2, 0.25) is 0 Å². The lowest BCUT2D eigenvalue weighted by Crippen LogP contribution is -2.30. The Hall–Kier alpha value is -0.780. The molecule has 1 aromatic heterocycles. The number of rotatable bonds is 9. The first-order valence-corrected chi connectivity index (χ1v) is 7.91. The SMILES string of the molecule is CCCOc1cncc(C(CSC(C)CC)NN)c1. The van der Waals surface area contributed by atoms with Crippen molar-refractivity contribution in [2.24, 2.45) is 5.84 Å². The van der Waals surface area contributed by atoms with E-state index in [9.17, 15) is 0 Å². The molecule has 0 bridgehead atoms. The number of nitrogens with zero attached hydrogens (tertiary/aromatic N) is 1. The van der Waals surface area contributed by atoms with E-state index in [2.05, 4.69) is 31.2 Å². The van der Waals surface area contributed by atoms with Gasteiger partial charge in [-0.15, -0.1) is 0 Å². The Labute approximate surface area is 120 Å². The summed E-state index contributed by atoms with van der Waals surface area (Å²) in [5, 5.41) is 0.642. The summed E-state index contributed by atoms with van der Waals surface area (Å²) in [6.45, 7) is 7.23. The van der Waals surface area contributed by atoms with E-state index in [4.69, 9.17) is 10.6 Å². The van der Waals surface area contributed by atoms with Crippen LogP contribution >= 0.6 is 11.8 Å². The molecule has 2 unspecified atom stereocenters. The minimum absolute atomic E-state index is 0.108. The van der Waals surface area contributed by atoms with Gasteiger partial charge in [-0.1, -0.05) is 20.8 Å². The zero-order valence-corrected chi connectivity index (χ0v) is 12.9. The molecule has 0 aliphatic heterocycles. The molecule has 3 N–H and O–H groups in total. The second-order valence-electron chi connectivity index (χ2n) is 4.57. The molecular formula is C14H25N3OS. The van der Waals surface area contributed by atoms with E-state index in [-0.39, 0.29) is 6.04 Å². The summed E-state index contributed by atoms with van der Waals surface area (Å²) in [6, 6.07) is 2.13. The summed E-state index contributed by atoms with van der Waals surface area (Å²) in [7, 11) is 0. The topological polar surface area (TPSA) is 60.2 Å². The van der Waals surface area contributed by atoms with Gasteiger partial charge in [-0.25, -0.2) is 0 Å². The Bertz CT molecular complexity index is 362. The van der Waals surface area contributed by atoms with Gasteiger partial charge in [-0.05, 0) is 24.5 Å². The summed E-state index contributed by atoms with van der Waals surface area (Å²) < 4.78 is 5.60. The average molecular weight is 283 g/mol. The van der Waals surface area contributed by atoms with E-state index >= 15 is 0 Å². The third-order valence-electron chi connectivity index (χ3n) is 2.93. The van der Waals surface area contributed by atoms with Gasteiger partial charge in [0.25, 0.3) is 0 Å². The number of nitrogens with two attached hydrogens (primary N) is 1. The van der Waals surface area contributed by atoms with Crippen LogP contribution in [0.15, 0.2) is 18.5 Å². The van der Waals surface area contributed by atoms with Gasteiger partial charge in [0.05, 0.1) is 18.8 Å². The first kappa shape index (κ1) is 16.3. The predicted molar refractivity (Wildman–Crippen MR) is 82.3 cm³/mol. The summed E-state index contributed by atoms with van der Waals surface area (Å²) >= 11 is 1.92. The highest BCUT2D eigenvalue weighted by Crippen LogP contribution is 2.24. The zero-order chi connectivity index (χ0) is 14.1. The molecule has 0 spiro atoms. The van der Waals surface area contributed by atoms with Gasteiger partial charge in [-0.3, -0.25) is 16.3 Å². The van der Waals surface area contributed by atoms with Gasteiger partial charge in [0, 0.05) is 17.2 Å². The highest BCUT2D eigenvalue weighted by molar-refractivity contribution is 7.99. The third-order valence-corrected chi connectivity index (χ3v) is 4.36. The Morgan fingerprint density at radius 2 is 2.21 bits per heavy atom. The lowest BCUT2D eigenvalue weighted by atomic mass is 10.1. The van der Waals surface area contributed by atoms with E-state index in [0.717, 1.165) is 23.5 Å². The monoisotopic (exact) mass is 283 g/mol. The molecule has 0 radical (unpaired) electrons. The van der Waals surface area contributed by atoms with Crippen molar-refractivity contribution in [2.75, 3.05) is 12.4 Å². The number of aromatic nitrogens is 1. The number of pyridine rings is 1. The van der Waals surface area contributed by atoms with Crippen LogP contribution in [0, 0.1) is 0 Å². The molecular weight excluding hydrogens is 258 g/mol. The van der Waals surface area contributed by atoms with Crippen molar-refractivity contribution in [3.63, 3.8) is 0 Å². The molecule has 0 aliphatic carbocycles. The fourth-order valence-corrected chi connectivity index (χ4v) is 2.59. The molecule has 0 fully saturated rings. The normalized spacial score (nSPS) is 14.1. The number of hydrogen-bond donors (Lipinski definition) is 2. The Balaban J connectivity index is 2.63. The third kappa shape index (κ3) is 5.80. The summed E-state index contributed by atoms with van der Waals surface area (Å²) in [5.41, 5.74) is 3.94. The number of thioether (sulfide) groups is 1. The average Bonchev–Trinajstić information content (AvgIpc) is 2.46. The second-order valence-corrected chi connectivity index (χ2v) is 6.05. The Morgan fingerprint density at radius 3 is 2.84 bits per heavy atom. The van der Waals surface area contributed by atoms with Crippen molar-refractivity contribution in [2.45, 2.75) is 44.9 Å². The predicted octanol–water partition coefficient (Wildman–Crippen LogP) is 2.91. The van der Waals surface area contributed by atoms with Crippen molar-refractivity contribution in [1.82, 2.24) is 10.4 Å². The van der Waals surface area contributed by atoms with E-state index in [0.29, 0.717) is 11.9 Å². The van der Waals surface area contributed by atoms with Crippen LogP contribution in [-0.2, 0) is 0 Å². The minimum atomic E-state index is 0.108. The number of ether oxygens (including phenoxy) is 1. The maximum Gasteiger partial charge on any atom is 0.137 e. The summed E-state index contributed by atoms with van der Waals surface area (Å²) in [6.07, 6.45) is 5.75. The summed E-state index contributed by atoms with van der Waals surface area (Å²) in [5.74, 6) is 7.40. The number of hydrogen-bond acceptors (Lipinski definition) is 5. The maximum absolute atomic E-state index is 5.65. The van der Waals surface area contributed by atoms with Crippen molar-refractivity contribution in [3.05, 3.63) is 24.0 Å². The lowest BCUT2D eigenvalue weighted by Gasteiger charge is -2.18. The van der Waals surface area contributed by atoms with Crippen LogP contribution in [0.5, 0.6) is 5.75 Å². The van der Waals surface area contributed by atoms with E-state index in [1.165, 1.54) is 6.42 Å². The molecule has 0 aromatic carbocycles. The van der Waals surface area contributed by atoms with Gasteiger partial charge in [0.15, 0.2) is 0 Å². The molecule has 0 aliphatic rings. The first-order valence-electron chi connectivity index (χ1n) is 6.86. The molecule has 4 nitrogen and oxygen atoms in total. The van der Waals surface area contributed by atoms with Gasteiger partial charge in [0.1, 0.15) is 5.75 Å². The quantitative estimate of drug-likeness (QED) is 0.539. The molecule has 1 rings (SSSR count). The van der Waals surface area contributed by atoms with Crippen LogP contribution in [0.4, 0.5) is 0 Å². The van der Waals surface area contributed by atoms with E-state index in [1.54, 1.807) is 6.20 Å². The molecule has 0 saturated carbocycles. The van der Waals surface area contributed by atoms with Crippen molar-refractivity contribution in [3.8, 4) is 5.75 Å². The van der Waals surface area contributed by atoms with Crippen molar-refractivity contribution >= 4 is 11.8 Å². The molecule has 0 saturated heterocycles. The van der Waals surface area contributed by atoms with Gasteiger partial charge < -0.3 is 4.74 Å². The minimum Gasteiger partial charge on any atom is -0.492 e. The van der Waals surface area contributed by atoms with Gasteiger partial charge in [0.2, 0.25) is 0 Å². The maximum atomic E-state index is 5.65. The Kier molecular flexibility index (Phi) is 7.86. The molecule has 0 amide bonds. The van der Waals surface area contributed by atoms with Crippen LogP contribution in [0.3, 0.4) is 0 Å². The lowest BCUT2D eigenvalue weighted by molar-refractivity contribution is 0.315. The number of nitrogens with one attached hydrogen (secondary N) is 1. The largest absolute Gasteiger partial charge is 0.492 e. The van der Waals surface area contributed by atoms with E-state index < -0.39 is 0 Å². The molecule has 1 heterocycles. The van der Waals surface area contributed by atoms with Gasteiger partial charge in [-0.2, -0.15) is 11.8 Å². The van der Waals surface area contributed by atoms with Crippen LogP contribution in [0.25, 0.3) is 0 Å². The number of hydrazine groups is 1. The molecule has 5 heteroatoms. The zero-order valence-electron chi connectivity index (χ0n) is 12.1. The van der Waals surface area contributed by atoms with Crippen LogP contribution in [-0.4, -0.2) is 22.6 Å². The Morgan fingerprint density at radius 1 is 1.42 bits per heavy atom. The fraction of sp³-hybridized carbons (Fsp3) is 0.643. The molecule has 1 aromatic rings. The standard InChI is InChI=1S/C14H25N3OS/c1-4-6-18-13-7-12(8-16-9-13)14(17-15)10-19-11(3)5-2/h7-9,11,14,17H,4-6,10,15H2,1-3H3. The fourth-order valence-electron chi connectivity index (χ4n) is 1.54. The smallest absolute Gasteiger partial charge is 0.137 e. The van der Waals surface area contributed by atoms with E-state index in [1.807, 2.05) is 24.0 Å². The molecule has 19 heavy (non-hydrogen) atoms. The van der Waals surface area contributed by atoms with Crippen molar-refractivity contribution in [1.29, 1.82) is 0 Å². The van der Waals surface area contributed by atoms with Gasteiger partial charge >= 0.3 is 0 Å². The second kappa shape index (κ2) is 9.18. The van der Waals surface area contributed by atoms with Crippen LogP contribution in [0.1, 0.15) is 45.2 Å². The highest BCUT2D eigenvalue weighted by atomic mass is 32.2. The molecule has 2 atom stereocenters. The first-order chi connectivity index (χ1) is 9.21. The van der Waals surface area contributed by atoms with Crippen LogP contribution < -0.4 is 16.0 Å². The summed E-state index contributed by atoms with van der Waals surface area (Å²) in [4.78, 5) is 4.22. The molecule has 108 valence electrons.